The van der Waals surface area contributed by atoms with Crippen molar-refractivity contribution in [1.82, 2.24) is 4.98 Å². The Morgan fingerprint density at radius 2 is 2.30 bits per heavy atom. The number of hydrogen-bond donors (Lipinski definition) is 1. The molecule has 1 N–H and O–H groups in total. The van der Waals surface area contributed by atoms with Crippen molar-refractivity contribution in [3.05, 3.63) is 27.0 Å². The minimum absolute atomic E-state index is 0.0383. The number of benzene rings is 1. The zero-order chi connectivity index (χ0) is 14.3. The molecule has 104 valence electrons. The maximum atomic E-state index is 11.7. The van der Waals surface area contributed by atoms with Crippen LogP contribution in [-0.2, 0) is 11.2 Å². The van der Waals surface area contributed by atoms with Crippen molar-refractivity contribution < 1.29 is 9.53 Å². The van der Waals surface area contributed by atoms with E-state index in [2.05, 4.69) is 11.9 Å². The van der Waals surface area contributed by atoms with Gasteiger partial charge in [0, 0.05) is 17.5 Å². The Labute approximate surface area is 126 Å². The Balaban J connectivity index is 2.12. The second-order valence-electron chi connectivity index (χ2n) is 4.59. The van der Waals surface area contributed by atoms with Gasteiger partial charge in [0.15, 0.2) is 10.6 Å². The minimum atomic E-state index is -0.0383. The Kier molecular flexibility index (Phi) is 3.35. The predicted octanol–water partition coefficient (Wildman–Crippen LogP) is 3.39. The third-order valence-corrected chi connectivity index (χ3v) is 4.76. The monoisotopic (exact) mass is 306 g/mol. The minimum Gasteiger partial charge on any atom is -0.482 e. The molecule has 6 heteroatoms. The normalized spacial score (nSPS) is 14.1. The van der Waals surface area contributed by atoms with Crippen LogP contribution in [-0.4, -0.2) is 24.5 Å². The Hall–Kier alpha value is -1.66. The van der Waals surface area contributed by atoms with Crippen molar-refractivity contribution in [3.63, 3.8) is 0 Å². The first-order chi connectivity index (χ1) is 9.60. The van der Waals surface area contributed by atoms with E-state index in [-0.39, 0.29) is 12.5 Å². The van der Waals surface area contributed by atoms with E-state index in [0.717, 1.165) is 33.1 Å². The molecule has 0 aliphatic carbocycles. The predicted molar refractivity (Wildman–Crippen MR) is 83.2 cm³/mol. The highest BCUT2D eigenvalue weighted by Crippen LogP contribution is 2.36. The molecular formula is C14H14N2O2S2. The number of aromatic amines is 1. The highest BCUT2D eigenvalue weighted by atomic mass is 32.1. The van der Waals surface area contributed by atoms with Gasteiger partial charge in [0.1, 0.15) is 5.75 Å². The third-order valence-electron chi connectivity index (χ3n) is 3.38. The Morgan fingerprint density at radius 3 is 3.05 bits per heavy atom. The molecule has 4 nitrogen and oxygen atoms in total. The second kappa shape index (κ2) is 5.03. The van der Waals surface area contributed by atoms with Gasteiger partial charge in [0.25, 0.3) is 5.91 Å². The van der Waals surface area contributed by atoms with Crippen molar-refractivity contribution in [1.29, 1.82) is 0 Å². The molecule has 2 aromatic rings. The lowest BCUT2D eigenvalue weighted by Gasteiger charge is -2.26. The smallest absolute Gasteiger partial charge is 0.264 e. The number of amides is 1. The molecule has 1 aliphatic rings. The summed E-state index contributed by atoms with van der Waals surface area (Å²) in [7, 11) is 1.77. The van der Waals surface area contributed by atoms with E-state index >= 15 is 0 Å². The second-order valence-corrected chi connectivity index (χ2v) is 6.36. The standard InChI is InChI=1S/C14H14N2O2S2/c1-3-11-13(15-14(19)20-11)8-4-5-10-9(6-8)16(2)12(17)7-18-10/h4-6H,3,7H2,1-2H3,(H,15,19). The molecular weight excluding hydrogens is 292 g/mol. The number of ether oxygens (including phenoxy) is 1. The lowest BCUT2D eigenvalue weighted by atomic mass is 10.1. The quantitative estimate of drug-likeness (QED) is 0.865. The Morgan fingerprint density at radius 1 is 1.50 bits per heavy atom. The van der Waals surface area contributed by atoms with Crippen LogP contribution in [0.15, 0.2) is 18.2 Å². The number of carbonyl (C=O) groups is 1. The summed E-state index contributed by atoms with van der Waals surface area (Å²) in [6.45, 7) is 2.21. The van der Waals surface area contributed by atoms with Crippen molar-refractivity contribution in [3.8, 4) is 17.0 Å². The van der Waals surface area contributed by atoms with Crippen molar-refractivity contribution in [2.45, 2.75) is 13.3 Å². The van der Waals surface area contributed by atoms with Crippen LogP contribution in [0.1, 0.15) is 11.8 Å². The largest absolute Gasteiger partial charge is 0.482 e. The number of carbonyl (C=O) groups excluding carboxylic acids is 1. The Bertz CT molecular complexity index is 733. The average molecular weight is 306 g/mol. The number of anilines is 1. The molecule has 0 saturated heterocycles. The van der Waals surface area contributed by atoms with Gasteiger partial charge in [-0.3, -0.25) is 4.79 Å². The highest BCUT2D eigenvalue weighted by molar-refractivity contribution is 7.73. The molecule has 2 heterocycles. The summed E-state index contributed by atoms with van der Waals surface area (Å²) in [4.78, 5) is 17.8. The molecule has 1 aromatic heterocycles. The van der Waals surface area contributed by atoms with Crippen LogP contribution in [0.5, 0.6) is 5.75 Å². The maximum absolute atomic E-state index is 11.7. The van der Waals surface area contributed by atoms with Gasteiger partial charge in [-0.05, 0) is 36.8 Å². The molecule has 20 heavy (non-hydrogen) atoms. The van der Waals surface area contributed by atoms with E-state index in [1.54, 1.807) is 23.3 Å². The number of H-pyrrole nitrogens is 1. The van der Waals surface area contributed by atoms with E-state index in [4.69, 9.17) is 17.0 Å². The summed E-state index contributed by atoms with van der Waals surface area (Å²) in [6, 6.07) is 5.87. The molecule has 0 fully saturated rings. The van der Waals surface area contributed by atoms with Crippen molar-refractivity contribution in [2.24, 2.45) is 0 Å². The molecule has 0 radical (unpaired) electrons. The molecule has 1 aromatic carbocycles. The van der Waals surface area contributed by atoms with Crippen molar-refractivity contribution >= 4 is 35.1 Å². The fourth-order valence-electron chi connectivity index (χ4n) is 2.27. The zero-order valence-corrected chi connectivity index (χ0v) is 12.9. The first kappa shape index (κ1) is 13.3. The number of aryl methyl sites for hydroxylation is 1. The number of aromatic nitrogens is 1. The van der Waals surface area contributed by atoms with Gasteiger partial charge in [0.2, 0.25) is 0 Å². The number of nitrogens with one attached hydrogen (secondary N) is 1. The van der Waals surface area contributed by atoms with Gasteiger partial charge in [-0.25, -0.2) is 0 Å². The van der Waals surface area contributed by atoms with Gasteiger partial charge in [-0.15, -0.1) is 11.3 Å². The summed E-state index contributed by atoms with van der Waals surface area (Å²) in [5.74, 6) is 0.700. The van der Waals surface area contributed by atoms with E-state index in [0.29, 0.717) is 0 Å². The zero-order valence-electron chi connectivity index (χ0n) is 11.2. The van der Waals surface area contributed by atoms with E-state index in [1.807, 2.05) is 18.2 Å². The van der Waals surface area contributed by atoms with E-state index in [9.17, 15) is 4.79 Å². The number of nitrogens with zero attached hydrogens (tertiary/aromatic N) is 1. The summed E-state index contributed by atoms with van der Waals surface area (Å²) < 4.78 is 6.21. The number of rotatable bonds is 2. The molecule has 0 unspecified atom stereocenters. The lowest BCUT2D eigenvalue weighted by molar-refractivity contribution is -0.120. The molecule has 0 spiro atoms. The SMILES string of the molecule is CCc1sc(=S)[nH]c1-c1ccc2c(c1)N(C)C(=O)CO2. The lowest BCUT2D eigenvalue weighted by Crippen LogP contribution is -2.35. The maximum Gasteiger partial charge on any atom is 0.264 e. The fraction of sp³-hybridized carbons (Fsp3) is 0.286. The van der Waals surface area contributed by atoms with Crippen LogP contribution in [0.3, 0.4) is 0 Å². The number of fused-ring (bicyclic) bond motifs is 1. The van der Waals surface area contributed by atoms with Gasteiger partial charge < -0.3 is 14.6 Å². The van der Waals surface area contributed by atoms with E-state index in [1.165, 1.54) is 4.88 Å². The van der Waals surface area contributed by atoms with Crippen LogP contribution in [0.25, 0.3) is 11.3 Å². The summed E-state index contributed by atoms with van der Waals surface area (Å²) in [5.41, 5.74) is 2.86. The fourth-order valence-corrected chi connectivity index (χ4v) is 3.47. The van der Waals surface area contributed by atoms with E-state index < -0.39 is 0 Å². The van der Waals surface area contributed by atoms with Gasteiger partial charge in [-0.2, -0.15) is 0 Å². The first-order valence-corrected chi connectivity index (χ1v) is 7.58. The van der Waals surface area contributed by atoms with Crippen LogP contribution in [0.2, 0.25) is 0 Å². The molecule has 0 bridgehead atoms. The number of thiazole rings is 1. The van der Waals surface area contributed by atoms with Gasteiger partial charge >= 0.3 is 0 Å². The van der Waals surface area contributed by atoms with Crippen LogP contribution >= 0.6 is 23.6 Å². The number of likely N-dealkylation sites (N-methyl/N-ethyl adjacent to an activating group) is 1. The van der Waals surface area contributed by atoms with Gasteiger partial charge in [-0.1, -0.05) is 6.92 Å². The molecule has 0 saturated carbocycles. The van der Waals surface area contributed by atoms with Crippen LogP contribution in [0, 0.1) is 3.95 Å². The van der Waals surface area contributed by atoms with Gasteiger partial charge in [0.05, 0.1) is 11.4 Å². The summed E-state index contributed by atoms with van der Waals surface area (Å²) >= 11 is 6.82. The number of hydrogen-bond acceptors (Lipinski definition) is 4. The van der Waals surface area contributed by atoms with Crippen molar-refractivity contribution in [2.75, 3.05) is 18.6 Å². The molecule has 3 rings (SSSR count). The third kappa shape index (κ3) is 2.14. The average Bonchev–Trinajstić information content (AvgIpc) is 2.84. The summed E-state index contributed by atoms with van der Waals surface area (Å²) in [5, 5.41) is 0. The summed E-state index contributed by atoms with van der Waals surface area (Å²) in [6.07, 6.45) is 0.926. The molecule has 1 amide bonds. The molecule has 0 atom stereocenters. The topological polar surface area (TPSA) is 45.3 Å². The van der Waals surface area contributed by atoms with Crippen LogP contribution in [0.4, 0.5) is 5.69 Å². The highest BCUT2D eigenvalue weighted by Gasteiger charge is 2.23. The molecule has 1 aliphatic heterocycles. The first-order valence-electron chi connectivity index (χ1n) is 6.36. The van der Waals surface area contributed by atoms with Crippen LogP contribution < -0.4 is 9.64 Å².